The van der Waals surface area contributed by atoms with Gasteiger partial charge >= 0.3 is 11.9 Å². The van der Waals surface area contributed by atoms with E-state index in [1.165, 1.54) is 0 Å². The lowest BCUT2D eigenvalue weighted by atomic mass is 10.2. The van der Waals surface area contributed by atoms with Gasteiger partial charge in [-0.2, -0.15) is 0 Å². The summed E-state index contributed by atoms with van der Waals surface area (Å²) in [4.78, 5) is 21.7. The summed E-state index contributed by atoms with van der Waals surface area (Å²) in [7, 11) is 0. The first-order chi connectivity index (χ1) is 5.79. The maximum absolute atomic E-state index is 10.9. The minimum absolute atomic E-state index is 0.128. The van der Waals surface area contributed by atoms with Gasteiger partial charge in [0.1, 0.15) is 0 Å². The van der Waals surface area contributed by atoms with Crippen LogP contribution in [0.1, 0.15) is 0 Å². The van der Waals surface area contributed by atoms with Crippen molar-refractivity contribution in [3.63, 3.8) is 0 Å². The molecular weight excluding hydrogens is 168 g/mol. The Kier molecular flexibility index (Phi) is 1.70. The van der Waals surface area contributed by atoms with Gasteiger partial charge in [-0.15, -0.1) is 0 Å². The third-order valence-corrected chi connectivity index (χ3v) is 1.64. The molecule has 6 heteroatoms. The van der Waals surface area contributed by atoms with Gasteiger partial charge in [0.15, 0.2) is 25.8 Å². The Morgan fingerprint density at radius 3 is 1.58 bits per heavy atom. The van der Waals surface area contributed by atoms with Crippen LogP contribution in [0, 0.1) is 0 Å². The van der Waals surface area contributed by atoms with Crippen LogP contribution in [0.25, 0.3) is 0 Å². The average molecular weight is 174 g/mol. The van der Waals surface area contributed by atoms with E-state index in [0.29, 0.717) is 0 Å². The zero-order valence-electron chi connectivity index (χ0n) is 6.02. The zero-order chi connectivity index (χ0) is 8.55. The fraction of sp³-hybridized carbons (Fsp3) is 0.667. The topological polar surface area (TPSA) is 71.1 Å². The standard InChI is InChI=1S/C6H6O6/c7-5-3(9-1-11-5)4-6(8)12-2-10-4/h3-4H,1-2H2/t3-,4-/m1/s1. The van der Waals surface area contributed by atoms with E-state index in [0.717, 1.165) is 0 Å². The van der Waals surface area contributed by atoms with Crippen molar-refractivity contribution in [2.75, 3.05) is 13.6 Å². The molecule has 66 valence electrons. The van der Waals surface area contributed by atoms with Crippen molar-refractivity contribution in [1.82, 2.24) is 0 Å². The number of hydrogen-bond acceptors (Lipinski definition) is 6. The quantitative estimate of drug-likeness (QED) is 0.464. The van der Waals surface area contributed by atoms with E-state index < -0.39 is 24.1 Å². The highest BCUT2D eigenvalue weighted by Gasteiger charge is 2.44. The molecule has 2 atom stereocenters. The molecule has 2 heterocycles. The summed E-state index contributed by atoms with van der Waals surface area (Å²) in [5.41, 5.74) is 0. The van der Waals surface area contributed by atoms with Crippen LogP contribution in [0.3, 0.4) is 0 Å². The lowest BCUT2D eigenvalue weighted by Crippen LogP contribution is -2.36. The Morgan fingerprint density at radius 1 is 0.917 bits per heavy atom. The Balaban J connectivity index is 2.08. The number of carbonyl (C=O) groups excluding carboxylic acids is 2. The van der Waals surface area contributed by atoms with Gasteiger partial charge in [-0.25, -0.2) is 9.59 Å². The third kappa shape index (κ3) is 1.05. The van der Waals surface area contributed by atoms with Crippen LogP contribution in [0.4, 0.5) is 0 Å². The van der Waals surface area contributed by atoms with E-state index in [4.69, 9.17) is 9.47 Å². The molecular formula is C6H6O6. The number of rotatable bonds is 1. The number of carbonyl (C=O) groups is 2. The van der Waals surface area contributed by atoms with Crippen molar-refractivity contribution in [2.45, 2.75) is 12.2 Å². The highest BCUT2D eigenvalue weighted by atomic mass is 16.8. The Hall–Kier alpha value is -1.14. The highest BCUT2D eigenvalue weighted by molar-refractivity contribution is 5.86. The van der Waals surface area contributed by atoms with Crippen LogP contribution in [-0.4, -0.2) is 37.7 Å². The van der Waals surface area contributed by atoms with Crippen molar-refractivity contribution in [2.24, 2.45) is 0 Å². The zero-order valence-corrected chi connectivity index (χ0v) is 6.02. The number of esters is 2. The molecule has 0 radical (unpaired) electrons. The third-order valence-electron chi connectivity index (χ3n) is 1.64. The summed E-state index contributed by atoms with van der Waals surface area (Å²) < 4.78 is 18.6. The first-order valence-corrected chi connectivity index (χ1v) is 3.35. The molecule has 0 N–H and O–H groups in total. The Labute approximate surface area is 67.3 Å². The molecule has 2 aliphatic heterocycles. The summed E-state index contributed by atoms with van der Waals surface area (Å²) in [5.74, 6) is -1.17. The fourth-order valence-corrected chi connectivity index (χ4v) is 1.05. The lowest BCUT2D eigenvalue weighted by Gasteiger charge is -2.07. The molecule has 0 aromatic rings. The summed E-state index contributed by atoms with van der Waals surface area (Å²) in [6.45, 7) is -0.257. The minimum atomic E-state index is -0.958. The molecule has 12 heavy (non-hydrogen) atoms. The largest absolute Gasteiger partial charge is 0.436 e. The second-order valence-electron chi connectivity index (χ2n) is 2.34. The SMILES string of the molecule is O=C1OCO[C@@H]1[C@H]1OCOC1=O. The maximum atomic E-state index is 10.9. The second kappa shape index (κ2) is 2.72. The highest BCUT2D eigenvalue weighted by Crippen LogP contribution is 2.17. The van der Waals surface area contributed by atoms with Crippen LogP contribution >= 0.6 is 0 Å². The summed E-state index contributed by atoms with van der Waals surface area (Å²) in [5, 5.41) is 0. The van der Waals surface area contributed by atoms with E-state index in [1.54, 1.807) is 0 Å². The normalized spacial score (nSPS) is 35.0. The average Bonchev–Trinajstić information content (AvgIpc) is 2.59. The monoisotopic (exact) mass is 174 g/mol. The van der Waals surface area contributed by atoms with Crippen molar-refractivity contribution in [1.29, 1.82) is 0 Å². The minimum Gasteiger partial charge on any atom is -0.436 e. The predicted octanol–water partition coefficient (Wildman–Crippen LogP) is -1.21. The summed E-state index contributed by atoms with van der Waals surface area (Å²) in [6.07, 6.45) is -1.92. The van der Waals surface area contributed by atoms with E-state index in [9.17, 15) is 9.59 Å². The van der Waals surface area contributed by atoms with Crippen LogP contribution in [0.5, 0.6) is 0 Å². The number of ether oxygens (including phenoxy) is 4. The summed E-state index contributed by atoms with van der Waals surface area (Å²) >= 11 is 0. The number of hydrogen-bond donors (Lipinski definition) is 0. The van der Waals surface area contributed by atoms with Gasteiger partial charge in [0.05, 0.1) is 0 Å². The molecule has 0 amide bonds. The van der Waals surface area contributed by atoms with Gasteiger partial charge in [0.2, 0.25) is 0 Å². The van der Waals surface area contributed by atoms with Gasteiger partial charge < -0.3 is 18.9 Å². The van der Waals surface area contributed by atoms with Crippen LogP contribution < -0.4 is 0 Å². The molecule has 2 aliphatic rings. The molecule has 2 saturated heterocycles. The predicted molar refractivity (Wildman–Crippen MR) is 31.7 cm³/mol. The molecule has 0 spiro atoms. The van der Waals surface area contributed by atoms with Crippen LogP contribution in [-0.2, 0) is 28.5 Å². The second-order valence-corrected chi connectivity index (χ2v) is 2.34. The fourth-order valence-electron chi connectivity index (χ4n) is 1.05. The maximum Gasteiger partial charge on any atom is 0.340 e. The van der Waals surface area contributed by atoms with E-state index >= 15 is 0 Å². The first kappa shape index (κ1) is 7.51. The Morgan fingerprint density at radius 2 is 1.33 bits per heavy atom. The lowest BCUT2D eigenvalue weighted by molar-refractivity contribution is -0.147. The van der Waals surface area contributed by atoms with Gasteiger partial charge in [-0.3, -0.25) is 0 Å². The molecule has 0 aromatic carbocycles. The molecule has 2 fully saturated rings. The van der Waals surface area contributed by atoms with Gasteiger partial charge in [0.25, 0.3) is 0 Å². The smallest absolute Gasteiger partial charge is 0.340 e. The van der Waals surface area contributed by atoms with Crippen LogP contribution in [0.15, 0.2) is 0 Å². The number of cyclic esters (lactones) is 2. The van der Waals surface area contributed by atoms with Crippen molar-refractivity contribution >= 4 is 11.9 Å². The van der Waals surface area contributed by atoms with Crippen LogP contribution in [0.2, 0.25) is 0 Å². The molecule has 2 rings (SSSR count). The first-order valence-electron chi connectivity index (χ1n) is 3.35. The molecule has 0 unspecified atom stereocenters. The van der Waals surface area contributed by atoms with Crippen molar-refractivity contribution in [3.8, 4) is 0 Å². The molecule has 0 saturated carbocycles. The van der Waals surface area contributed by atoms with E-state index in [-0.39, 0.29) is 13.6 Å². The van der Waals surface area contributed by atoms with Gasteiger partial charge in [-0.1, -0.05) is 0 Å². The molecule has 0 aromatic heterocycles. The Bertz CT molecular complexity index is 200. The molecule has 0 bridgehead atoms. The summed E-state index contributed by atoms with van der Waals surface area (Å²) in [6, 6.07) is 0. The van der Waals surface area contributed by atoms with Crippen molar-refractivity contribution in [3.05, 3.63) is 0 Å². The van der Waals surface area contributed by atoms with Crippen molar-refractivity contribution < 1.29 is 28.5 Å². The van der Waals surface area contributed by atoms with E-state index in [2.05, 4.69) is 9.47 Å². The molecule has 6 nitrogen and oxygen atoms in total. The van der Waals surface area contributed by atoms with Gasteiger partial charge in [-0.05, 0) is 0 Å². The van der Waals surface area contributed by atoms with E-state index in [1.807, 2.05) is 0 Å². The van der Waals surface area contributed by atoms with Gasteiger partial charge in [0, 0.05) is 0 Å². The molecule has 0 aliphatic carbocycles.